The fraction of sp³-hybridized carbons (Fsp3) is 0.438. The number of nitrogens with zero attached hydrogens (tertiary/aromatic N) is 1. The topological polar surface area (TPSA) is 40.0 Å². The molecule has 0 heterocycles. The highest BCUT2D eigenvalue weighted by molar-refractivity contribution is 9.28. The summed E-state index contributed by atoms with van der Waals surface area (Å²) in [6.45, 7) is 9.15. The molecule has 0 amide bonds. The molecule has 0 fully saturated rings. The van der Waals surface area contributed by atoms with Gasteiger partial charge in [0.2, 0.25) is 0 Å². The van der Waals surface area contributed by atoms with Crippen molar-refractivity contribution in [3.05, 3.63) is 32.7 Å². The van der Waals surface area contributed by atoms with Gasteiger partial charge in [-0.15, -0.1) is 0 Å². The van der Waals surface area contributed by atoms with E-state index in [9.17, 15) is 0 Å². The summed E-state index contributed by atoms with van der Waals surface area (Å²) in [5, 5.41) is 3.87. The lowest BCUT2D eigenvalue weighted by Gasteiger charge is -2.14. The van der Waals surface area contributed by atoms with Gasteiger partial charge in [0, 0.05) is 0 Å². The van der Waals surface area contributed by atoms with Gasteiger partial charge in [-0.1, -0.05) is 5.16 Å². The average molecular weight is 435 g/mol. The minimum atomic E-state index is 0.423. The molecular formula is C16H21Br2NO3. The Kier molecular flexibility index (Phi) is 8.56. The Morgan fingerprint density at radius 1 is 1.09 bits per heavy atom. The van der Waals surface area contributed by atoms with Gasteiger partial charge in [0.15, 0.2) is 6.61 Å². The summed E-state index contributed by atoms with van der Waals surface area (Å²) < 4.78 is 12.3. The van der Waals surface area contributed by atoms with Crippen LogP contribution in [-0.4, -0.2) is 25.5 Å². The first-order valence-corrected chi connectivity index (χ1v) is 8.50. The fourth-order valence-electron chi connectivity index (χ4n) is 1.78. The van der Waals surface area contributed by atoms with Crippen LogP contribution >= 0.6 is 31.9 Å². The van der Waals surface area contributed by atoms with Gasteiger partial charge in [0.25, 0.3) is 0 Å². The first-order valence-electron chi connectivity index (χ1n) is 6.91. The van der Waals surface area contributed by atoms with Crippen molar-refractivity contribution in [1.82, 2.24) is 0 Å². The molecule has 0 aliphatic carbocycles. The second-order valence-corrected chi connectivity index (χ2v) is 7.68. The van der Waals surface area contributed by atoms with E-state index in [0.717, 1.165) is 31.7 Å². The second kappa shape index (κ2) is 9.90. The number of hydrogen-bond acceptors (Lipinski definition) is 4. The van der Waals surface area contributed by atoms with Crippen LogP contribution in [0.15, 0.2) is 26.8 Å². The normalized spacial score (nSPS) is 9.91. The Morgan fingerprint density at radius 3 is 2.27 bits per heavy atom. The van der Waals surface area contributed by atoms with Crippen LogP contribution in [0.2, 0.25) is 0 Å². The quantitative estimate of drug-likeness (QED) is 0.324. The number of oxime groups is 1. The average Bonchev–Trinajstić information content (AvgIpc) is 2.40. The Bertz CT molecular complexity index is 525. The molecule has 0 saturated heterocycles. The van der Waals surface area contributed by atoms with Crippen LogP contribution in [0.5, 0.6) is 11.5 Å². The number of hydrogen-bond donors (Lipinski definition) is 0. The van der Waals surface area contributed by atoms with Gasteiger partial charge < -0.3 is 14.3 Å². The van der Waals surface area contributed by atoms with Crippen molar-refractivity contribution in [3.63, 3.8) is 0 Å². The second-order valence-electron chi connectivity index (χ2n) is 4.91. The molecule has 0 spiro atoms. The van der Waals surface area contributed by atoms with E-state index < -0.39 is 0 Å². The van der Waals surface area contributed by atoms with E-state index in [-0.39, 0.29) is 0 Å². The highest BCUT2D eigenvalue weighted by atomic mass is 79.9. The summed E-state index contributed by atoms with van der Waals surface area (Å²) in [7, 11) is 0. The van der Waals surface area contributed by atoms with E-state index in [4.69, 9.17) is 14.3 Å². The summed E-state index contributed by atoms with van der Waals surface area (Å²) in [5.74, 6) is 1.69. The zero-order valence-corrected chi connectivity index (χ0v) is 16.5. The molecule has 1 aromatic carbocycles. The number of rotatable bonds is 8. The maximum atomic E-state index is 5.77. The standard InChI is InChI=1S/C16H21Br2NO3/c1-11(2)19-22-8-7-21-16-12(3)9-14(10-13(16)4)20-6-5-15(17)18/h5,9-10H,6-8H2,1-4H3. The number of aryl methyl sites for hydroxylation is 2. The molecule has 0 aromatic heterocycles. The van der Waals surface area contributed by atoms with Crippen LogP contribution in [-0.2, 0) is 4.84 Å². The Labute approximate surface area is 148 Å². The lowest BCUT2D eigenvalue weighted by atomic mass is 10.1. The van der Waals surface area contributed by atoms with Crippen molar-refractivity contribution >= 4 is 37.6 Å². The third-order valence-corrected chi connectivity index (χ3v) is 3.24. The van der Waals surface area contributed by atoms with Crippen LogP contribution in [0.3, 0.4) is 0 Å². The summed E-state index contributed by atoms with van der Waals surface area (Å²) in [6, 6.07) is 3.93. The summed E-state index contributed by atoms with van der Waals surface area (Å²) >= 11 is 6.59. The van der Waals surface area contributed by atoms with Crippen LogP contribution in [0.4, 0.5) is 0 Å². The molecule has 0 radical (unpaired) electrons. The highest BCUT2D eigenvalue weighted by Gasteiger charge is 2.07. The molecule has 22 heavy (non-hydrogen) atoms. The maximum Gasteiger partial charge on any atom is 0.151 e. The first-order chi connectivity index (χ1) is 10.4. The molecule has 1 rings (SSSR count). The molecular weight excluding hydrogens is 414 g/mol. The molecule has 0 atom stereocenters. The van der Waals surface area contributed by atoms with Gasteiger partial charge in [-0.2, -0.15) is 0 Å². The van der Waals surface area contributed by atoms with E-state index >= 15 is 0 Å². The lowest BCUT2D eigenvalue weighted by molar-refractivity contribution is 0.106. The zero-order chi connectivity index (χ0) is 16.5. The SMILES string of the molecule is CC(C)=NOCCOc1c(C)cc(OCC=C(Br)Br)cc1C. The van der Waals surface area contributed by atoms with Gasteiger partial charge in [0.1, 0.15) is 24.7 Å². The van der Waals surface area contributed by atoms with Crippen LogP contribution in [0.25, 0.3) is 0 Å². The molecule has 6 heteroatoms. The lowest BCUT2D eigenvalue weighted by Crippen LogP contribution is -2.07. The Morgan fingerprint density at radius 2 is 1.73 bits per heavy atom. The molecule has 0 unspecified atom stereocenters. The van der Waals surface area contributed by atoms with E-state index in [1.807, 2.05) is 45.9 Å². The van der Waals surface area contributed by atoms with Crippen molar-refractivity contribution in [1.29, 1.82) is 0 Å². The predicted molar refractivity (Wildman–Crippen MR) is 97.6 cm³/mol. The van der Waals surface area contributed by atoms with Crippen molar-refractivity contribution in [3.8, 4) is 11.5 Å². The molecule has 0 aliphatic rings. The monoisotopic (exact) mass is 433 g/mol. The zero-order valence-electron chi connectivity index (χ0n) is 13.3. The fourth-order valence-corrected chi connectivity index (χ4v) is 2.04. The predicted octanol–water partition coefficient (Wildman–Crippen LogP) is 5.10. The van der Waals surface area contributed by atoms with Crippen LogP contribution in [0.1, 0.15) is 25.0 Å². The third-order valence-electron chi connectivity index (χ3n) is 2.59. The van der Waals surface area contributed by atoms with Gasteiger partial charge in [-0.05, 0) is 88.9 Å². The number of ether oxygens (including phenoxy) is 2. The van der Waals surface area contributed by atoms with E-state index in [1.165, 1.54) is 0 Å². The molecule has 0 saturated carbocycles. The Hall–Kier alpha value is -1.01. The van der Waals surface area contributed by atoms with Crippen LogP contribution < -0.4 is 9.47 Å². The van der Waals surface area contributed by atoms with Gasteiger partial charge in [0.05, 0.1) is 9.10 Å². The first kappa shape index (κ1) is 19.0. The molecule has 0 N–H and O–H groups in total. The van der Waals surface area contributed by atoms with E-state index in [0.29, 0.717) is 19.8 Å². The van der Waals surface area contributed by atoms with Crippen molar-refractivity contribution in [2.24, 2.45) is 5.16 Å². The molecule has 0 bridgehead atoms. The molecule has 1 aromatic rings. The number of halogens is 2. The van der Waals surface area contributed by atoms with Crippen molar-refractivity contribution in [2.45, 2.75) is 27.7 Å². The van der Waals surface area contributed by atoms with Crippen LogP contribution in [0, 0.1) is 13.8 Å². The van der Waals surface area contributed by atoms with E-state index in [1.54, 1.807) is 0 Å². The smallest absolute Gasteiger partial charge is 0.151 e. The summed E-state index contributed by atoms with van der Waals surface area (Å²) in [5.41, 5.74) is 2.96. The van der Waals surface area contributed by atoms with Gasteiger partial charge in [-0.3, -0.25) is 0 Å². The highest BCUT2D eigenvalue weighted by Crippen LogP contribution is 2.28. The molecule has 0 aliphatic heterocycles. The third kappa shape index (κ3) is 7.31. The summed E-state index contributed by atoms with van der Waals surface area (Å²) in [6.07, 6.45) is 1.89. The van der Waals surface area contributed by atoms with Gasteiger partial charge in [-0.25, -0.2) is 0 Å². The minimum Gasteiger partial charge on any atom is -0.489 e. The summed E-state index contributed by atoms with van der Waals surface area (Å²) in [4.78, 5) is 5.12. The maximum absolute atomic E-state index is 5.77. The molecule has 4 nitrogen and oxygen atoms in total. The van der Waals surface area contributed by atoms with E-state index in [2.05, 4.69) is 37.0 Å². The van der Waals surface area contributed by atoms with Crippen molar-refractivity contribution in [2.75, 3.05) is 19.8 Å². The molecule has 122 valence electrons. The minimum absolute atomic E-state index is 0.423. The number of benzene rings is 1. The van der Waals surface area contributed by atoms with Gasteiger partial charge >= 0.3 is 0 Å². The van der Waals surface area contributed by atoms with Crippen molar-refractivity contribution < 1.29 is 14.3 Å². The Balaban J connectivity index is 2.58. The largest absolute Gasteiger partial charge is 0.489 e.